The van der Waals surface area contributed by atoms with Crippen LogP contribution < -0.4 is 0 Å². The number of halogens is 1. The topological polar surface area (TPSA) is 0 Å². The molecule has 0 spiro atoms. The van der Waals surface area contributed by atoms with Crippen LogP contribution in [0.25, 0.3) is 0 Å². The predicted octanol–water partition coefficient (Wildman–Crippen LogP) is 3.76. The fourth-order valence-electron chi connectivity index (χ4n) is 0.750. The van der Waals surface area contributed by atoms with Crippen molar-refractivity contribution in [1.29, 1.82) is 0 Å². The van der Waals surface area contributed by atoms with Gasteiger partial charge in [0, 0.05) is 5.33 Å². The summed E-state index contributed by atoms with van der Waals surface area (Å²) < 4.78 is 0. The third-order valence-electron chi connectivity index (χ3n) is 1.54. The van der Waals surface area contributed by atoms with E-state index in [0.29, 0.717) is 0 Å². The third kappa shape index (κ3) is 6.34. The molecule has 0 fully saturated rings. The van der Waals surface area contributed by atoms with Crippen molar-refractivity contribution in [2.75, 3.05) is 5.33 Å². The molecule has 0 N–H and O–H groups in total. The van der Waals surface area contributed by atoms with Crippen LogP contribution in [0.4, 0.5) is 0 Å². The van der Waals surface area contributed by atoms with Gasteiger partial charge >= 0.3 is 0 Å². The number of hydrogen-bond acceptors (Lipinski definition) is 0. The van der Waals surface area contributed by atoms with Crippen molar-refractivity contribution in [3.8, 4) is 0 Å². The van der Waals surface area contributed by atoms with Gasteiger partial charge in [-0.25, -0.2) is 0 Å². The molecule has 0 bridgehead atoms. The molecule has 0 aromatic rings. The van der Waals surface area contributed by atoms with Crippen LogP contribution in [0.3, 0.4) is 0 Å². The molecule has 0 saturated carbocycles. The van der Waals surface area contributed by atoms with Crippen molar-refractivity contribution in [1.82, 2.24) is 0 Å². The quantitative estimate of drug-likeness (QED) is 0.484. The van der Waals surface area contributed by atoms with Gasteiger partial charge in [0.2, 0.25) is 0 Å². The van der Waals surface area contributed by atoms with E-state index in [1.807, 2.05) is 0 Å². The number of alkyl halides is 1. The molecule has 0 aromatic carbocycles. The lowest BCUT2D eigenvalue weighted by Crippen LogP contribution is -1.87. The molecule has 0 heterocycles. The summed E-state index contributed by atoms with van der Waals surface area (Å²) in [6, 6.07) is 0. The van der Waals surface area contributed by atoms with Crippen LogP contribution in [0.5, 0.6) is 0 Å². The van der Waals surface area contributed by atoms with Gasteiger partial charge in [-0.3, -0.25) is 0 Å². The Hall–Kier alpha value is 0.220. The van der Waals surface area contributed by atoms with Crippen molar-refractivity contribution in [3.05, 3.63) is 11.6 Å². The predicted molar refractivity (Wildman–Crippen MR) is 51.6 cm³/mol. The molecule has 0 aliphatic carbocycles. The van der Waals surface area contributed by atoms with Crippen LogP contribution >= 0.6 is 15.9 Å². The molecule has 0 amide bonds. The van der Waals surface area contributed by atoms with Crippen LogP contribution in [0, 0.1) is 5.92 Å². The van der Waals surface area contributed by atoms with Crippen LogP contribution in [0.1, 0.15) is 33.6 Å². The Labute approximate surface area is 72.8 Å². The average molecular weight is 205 g/mol. The van der Waals surface area contributed by atoms with E-state index < -0.39 is 0 Å². The lowest BCUT2D eigenvalue weighted by Gasteiger charge is -2.03. The normalized spacial score (nSPS) is 12.7. The van der Waals surface area contributed by atoms with E-state index in [0.717, 1.165) is 11.2 Å². The van der Waals surface area contributed by atoms with E-state index in [-0.39, 0.29) is 0 Å². The molecule has 0 unspecified atom stereocenters. The summed E-state index contributed by atoms with van der Waals surface area (Å²) in [4.78, 5) is 0. The van der Waals surface area contributed by atoms with E-state index in [4.69, 9.17) is 0 Å². The molecular formula is C9H17Br. The highest BCUT2D eigenvalue weighted by atomic mass is 79.9. The summed E-state index contributed by atoms with van der Waals surface area (Å²) in [7, 11) is 0. The minimum atomic E-state index is 0.832. The number of rotatable bonds is 4. The Kier molecular flexibility index (Phi) is 6.10. The standard InChI is InChI=1S/C9H17Br/c1-8(2)4-5-9(3)6-7-10/h6,8H,4-5,7H2,1-3H3/b9-6+. The maximum atomic E-state index is 3.38. The zero-order chi connectivity index (χ0) is 7.98. The van der Waals surface area contributed by atoms with E-state index in [1.54, 1.807) is 0 Å². The highest BCUT2D eigenvalue weighted by Gasteiger charge is 1.93. The zero-order valence-electron chi connectivity index (χ0n) is 7.15. The summed E-state index contributed by atoms with van der Waals surface area (Å²) in [5, 5.41) is 0.997. The fraction of sp³-hybridized carbons (Fsp3) is 0.778. The van der Waals surface area contributed by atoms with Gasteiger partial charge in [0.05, 0.1) is 0 Å². The van der Waals surface area contributed by atoms with Gasteiger partial charge in [-0.05, 0) is 25.7 Å². The highest BCUT2D eigenvalue weighted by Crippen LogP contribution is 2.10. The molecule has 0 aliphatic rings. The van der Waals surface area contributed by atoms with Gasteiger partial charge in [0.15, 0.2) is 0 Å². The Morgan fingerprint density at radius 1 is 1.50 bits per heavy atom. The Morgan fingerprint density at radius 2 is 2.10 bits per heavy atom. The molecule has 0 rings (SSSR count). The van der Waals surface area contributed by atoms with Crippen LogP contribution in [0.15, 0.2) is 11.6 Å². The maximum Gasteiger partial charge on any atom is 0.0214 e. The molecule has 0 nitrogen and oxygen atoms in total. The monoisotopic (exact) mass is 204 g/mol. The first-order valence-corrected chi connectivity index (χ1v) is 5.00. The minimum Gasteiger partial charge on any atom is -0.0883 e. The number of hydrogen-bond donors (Lipinski definition) is 0. The minimum absolute atomic E-state index is 0.832. The second-order valence-corrected chi connectivity index (χ2v) is 3.78. The van der Waals surface area contributed by atoms with Crippen LogP contribution in [0.2, 0.25) is 0 Å². The van der Waals surface area contributed by atoms with E-state index in [2.05, 4.69) is 42.8 Å². The van der Waals surface area contributed by atoms with Crippen molar-refractivity contribution in [2.24, 2.45) is 5.92 Å². The average Bonchev–Trinajstić information content (AvgIpc) is 1.85. The first-order chi connectivity index (χ1) is 4.66. The van der Waals surface area contributed by atoms with E-state index >= 15 is 0 Å². The smallest absolute Gasteiger partial charge is 0.0214 e. The molecule has 0 aromatic heterocycles. The van der Waals surface area contributed by atoms with Gasteiger partial charge in [-0.15, -0.1) is 0 Å². The fourth-order valence-corrected chi connectivity index (χ4v) is 1.30. The number of allylic oxidation sites excluding steroid dienone is 2. The summed E-state index contributed by atoms with van der Waals surface area (Å²) >= 11 is 3.38. The van der Waals surface area contributed by atoms with E-state index in [9.17, 15) is 0 Å². The van der Waals surface area contributed by atoms with Crippen LogP contribution in [-0.4, -0.2) is 5.33 Å². The Balaban J connectivity index is 3.39. The van der Waals surface area contributed by atoms with Gasteiger partial charge in [0.1, 0.15) is 0 Å². The first kappa shape index (κ1) is 10.2. The van der Waals surface area contributed by atoms with Crippen molar-refractivity contribution < 1.29 is 0 Å². The summed E-state index contributed by atoms with van der Waals surface area (Å²) in [6.07, 6.45) is 4.81. The Morgan fingerprint density at radius 3 is 2.50 bits per heavy atom. The first-order valence-electron chi connectivity index (χ1n) is 3.88. The van der Waals surface area contributed by atoms with Gasteiger partial charge in [-0.1, -0.05) is 41.4 Å². The highest BCUT2D eigenvalue weighted by molar-refractivity contribution is 9.09. The molecule has 60 valence electrons. The summed E-state index contributed by atoms with van der Waals surface area (Å²) in [5.74, 6) is 0.832. The molecule has 1 heteroatoms. The second kappa shape index (κ2) is 5.96. The molecule has 0 saturated heterocycles. The van der Waals surface area contributed by atoms with Crippen molar-refractivity contribution >= 4 is 15.9 Å². The zero-order valence-corrected chi connectivity index (χ0v) is 8.74. The Bertz CT molecular complexity index is 103. The van der Waals surface area contributed by atoms with Crippen molar-refractivity contribution in [2.45, 2.75) is 33.6 Å². The maximum absolute atomic E-state index is 3.38. The van der Waals surface area contributed by atoms with Gasteiger partial charge in [-0.2, -0.15) is 0 Å². The van der Waals surface area contributed by atoms with Crippen LogP contribution in [-0.2, 0) is 0 Å². The lowest BCUT2D eigenvalue weighted by atomic mass is 10.0. The van der Waals surface area contributed by atoms with E-state index in [1.165, 1.54) is 18.4 Å². The SMILES string of the molecule is C/C(=C\CBr)CCC(C)C. The molecular weight excluding hydrogens is 188 g/mol. The largest absolute Gasteiger partial charge is 0.0883 e. The van der Waals surface area contributed by atoms with Gasteiger partial charge < -0.3 is 0 Å². The van der Waals surface area contributed by atoms with Crippen molar-refractivity contribution in [3.63, 3.8) is 0 Å². The van der Waals surface area contributed by atoms with Gasteiger partial charge in [0.25, 0.3) is 0 Å². The molecule has 0 radical (unpaired) electrons. The molecule has 0 atom stereocenters. The molecule has 10 heavy (non-hydrogen) atoms. The summed E-state index contributed by atoms with van der Waals surface area (Å²) in [6.45, 7) is 6.73. The lowest BCUT2D eigenvalue weighted by molar-refractivity contribution is 0.584. The molecule has 0 aliphatic heterocycles. The summed E-state index contributed by atoms with van der Waals surface area (Å²) in [5.41, 5.74) is 1.51. The third-order valence-corrected chi connectivity index (χ3v) is 1.87. The second-order valence-electron chi connectivity index (χ2n) is 3.14.